The Labute approximate surface area is 258 Å². The normalized spacial score (nSPS) is 33.4. The summed E-state index contributed by atoms with van der Waals surface area (Å²) in [5, 5.41) is 11.4. The van der Waals surface area contributed by atoms with Crippen LogP contribution < -0.4 is 0 Å². The van der Waals surface area contributed by atoms with Crippen molar-refractivity contribution >= 4 is 17.9 Å². The number of rotatable bonds is 9. The molecule has 5 fully saturated rings. The maximum Gasteiger partial charge on any atom is 0.348 e. The molecule has 5 rings (SSSR count). The van der Waals surface area contributed by atoms with E-state index in [4.69, 9.17) is 14.2 Å². The first-order valence-corrected chi connectivity index (χ1v) is 14.7. The Kier molecular flexibility index (Phi) is 12.3. The minimum absolute atomic E-state index is 0. The zero-order valence-corrected chi connectivity index (χ0v) is 25.1. The molecule has 1 aliphatic heterocycles. The molecule has 0 amide bonds. The van der Waals surface area contributed by atoms with E-state index in [9.17, 15) is 19.5 Å². The largest absolute Gasteiger partial charge is 0.458 e. The van der Waals surface area contributed by atoms with E-state index in [1.165, 1.54) is 6.42 Å². The number of carbonyl (C=O) groups is 3. The van der Waals surface area contributed by atoms with Gasteiger partial charge in [-0.3, -0.25) is 9.59 Å². The van der Waals surface area contributed by atoms with Crippen LogP contribution in [-0.2, 0) is 28.6 Å². The fraction of sp³-hybridized carbons (Fsp3) is 0.914. The molecule has 7 nitrogen and oxygen atoms in total. The molecule has 0 radical (unpaired) electrons. The molecule has 4 bridgehead atoms. The molecule has 5 aliphatic rings. The van der Waals surface area contributed by atoms with Crippen molar-refractivity contribution in [1.82, 2.24) is 0 Å². The highest BCUT2D eigenvalue weighted by Gasteiger charge is 2.65. The minimum Gasteiger partial charge on any atom is -0.458 e. The molecule has 4 aliphatic carbocycles. The van der Waals surface area contributed by atoms with E-state index >= 15 is 0 Å². The van der Waals surface area contributed by atoms with Crippen LogP contribution in [0.5, 0.6) is 0 Å². The van der Waals surface area contributed by atoms with E-state index in [1.807, 2.05) is 13.8 Å². The van der Waals surface area contributed by atoms with Crippen molar-refractivity contribution < 1.29 is 33.7 Å². The van der Waals surface area contributed by atoms with Gasteiger partial charge in [-0.2, -0.15) is 0 Å². The molecule has 4 saturated carbocycles. The SMILES string of the molecule is C.C.C.C.CCC(C)(CC(C)(C)C(=O)OC1CC(C)(C)OC1=O)C(=O)OC(C)(C(C)C)C12CC3CC(CC(O)(C3)C1)C2. The predicted octanol–water partition coefficient (Wildman–Crippen LogP) is 8.29. The van der Waals surface area contributed by atoms with Crippen LogP contribution in [0, 0.1) is 34.0 Å². The van der Waals surface area contributed by atoms with Crippen molar-refractivity contribution in [1.29, 1.82) is 0 Å². The topological polar surface area (TPSA) is 99.1 Å². The molecular weight excluding hydrogens is 532 g/mol. The third kappa shape index (κ3) is 7.02. The summed E-state index contributed by atoms with van der Waals surface area (Å²) in [6, 6.07) is 0. The number of hydrogen-bond donors (Lipinski definition) is 1. The lowest BCUT2D eigenvalue weighted by Crippen LogP contribution is -2.65. The Hall–Kier alpha value is -1.63. The zero-order valence-electron chi connectivity index (χ0n) is 25.1. The maximum atomic E-state index is 14.1. The molecule has 0 spiro atoms. The Balaban J connectivity index is 0.00000420. The second-order valence-corrected chi connectivity index (χ2v) is 15.4. The van der Waals surface area contributed by atoms with E-state index in [0.717, 1.165) is 25.7 Å². The van der Waals surface area contributed by atoms with E-state index in [-0.39, 0.29) is 53.4 Å². The van der Waals surface area contributed by atoms with Crippen molar-refractivity contribution in [3.8, 4) is 0 Å². The van der Waals surface area contributed by atoms with Gasteiger partial charge in [0.05, 0.1) is 16.4 Å². The molecule has 1 heterocycles. The van der Waals surface area contributed by atoms with Gasteiger partial charge in [0.25, 0.3) is 0 Å². The predicted molar refractivity (Wildman–Crippen MR) is 170 cm³/mol. The Morgan fingerprint density at radius 3 is 1.88 bits per heavy atom. The third-order valence-electron chi connectivity index (χ3n) is 10.7. The van der Waals surface area contributed by atoms with Crippen LogP contribution >= 0.6 is 0 Å². The van der Waals surface area contributed by atoms with Crippen molar-refractivity contribution in [3.63, 3.8) is 0 Å². The summed E-state index contributed by atoms with van der Waals surface area (Å²) in [5.41, 5.74) is -4.22. The molecule has 0 aromatic heterocycles. The number of ether oxygens (including phenoxy) is 3. The summed E-state index contributed by atoms with van der Waals surface area (Å²) in [6.45, 7) is 17.2. The number of esters is 3. The first kappa shape index (κ1) is 40.4. The average molecular weight is 599 g/mol. The lowest BCUT2D eigenvalue weighted by atomic mass is 9.43. The highest BCUT2D eigenvalue weighted by molar-refractivity contribution is 5.84. The first-order valence-electron chi connectivity index (χ1n) is 14.7. The van der Waals surface area contributed by atoms with Crippen LogP contribution in [0.4, 0.5) is 0 Å². The van der Waals surface area contributed by atoms with Crippen LogP contribution in [0.15, 0.2) is 0 Å². The number of cyclic esters (lactones) is 1. The lowest BCUT2D eigenvalue weighted by molar-refractivity contribution is -0.252. The summed E-state index contributed by atoms with van der Waals surface area (Å²) < 4.78 is 17.5. The van der Waals surface area contributed by atoms with Crippen LogP contribution in [-0.4, -0.2) is 45.9 Å². The van der Waals surface area contributed by atoms with Crippen LogP contribution in [0.2, 0.25) is 0 Å². The van der Waals surface area contributed by atoms with Crippen molar-refractivity contribution in [2.24, 2.45) is 34.0 Å². The van der Waals surface area contributed by atoms with Crippen molar-refractivity contribution in [2.75, 3.05) is 0 Å². The summed E-state index contributed by atoms with van der Waals surface area (Å²) in [5.74, 6) is -0.308. The molecule has 1 N–H and O–H groups in total. The standard InChI is InChI=1S/C31H50O7.4CH4/c1-10-28(8,17-26(4,5)24(33)36-22-16-27(6,7)37-23(22)32)25(34)38-29(9,19(2)3)30-12-20-11-21(13-30)15-31(35,14-20)18-30;;;;/h19-22,35H,10-18H2,1-9H3;4*1H4. The van der Waals surface area contributed by atoms with E-state index in [2.05, 4.69) is 20.8 Å². The van der Waals surface area contributed by atoms with Crippen LogP contribution in [0.3, 0.4) is 0 Å². The van der Waals surface area contributed by atoms with E-state index < -0.39 is 45.7 Å². The first-order chi connectivity index (χ1) is 17.3. The van der Waals surface area contributed by atoms with Crippen LogP contribution in [0.25, 0.3) is 0 Å². The summed E-state index contributed by atoms with van der Waals surface area (Å²) >= 11 is 0. The van der Waals surface area contributed by atoms with Crippen molar-refractivity contribution in [2.45, 2.75) is 173 Å². The second-order valence-electron chi connectivity index (χ2n) is 15.4. The summed E-state index contributed by atoms with van der Waals surface area (Å²) in [6.07, 6.45) is 5.67. The van der Waals surface area contributed by atoms with Gasteiger partial charge in [0, 0.05) is 11.8 Å². The highest BCUT2D eigenvalue weighted by atomic mass is 16.6. The van der Waals surface area contributed by atoms with Crippen molar-refractivity contribution in [3.05, 3.63) is 0 Å². The van der Waals surface area contributed by atoms with Gasteiger partial charge >= 0.3 is 17.9 Å². The molecule has 0 aromatic rings. The zero-order chi connectivity index (χ0) is 28.5. The molecular formula is C35H66O7. The van der Waals surface area contributed by atoms with Gasteiger partial charge in [-0.25, -0.2) is 4.79 Å². The summed E-state index contributed by atoms with van der Waals surface area (Å²) in [4.78, 5) is 39.5. The van der Waals surface area contributed by atoms with Gasteiger partial charge in [-0.1, -0.05) is 50.5 Å². The smallest absolute Gasteiger partial charge is 0.348 e. The molecule has 42 heavy (non-hydrogen) atoms. The Bertz CT molecular complexity index is 968. The highest BCUT2D eigenvalue weighted by Crippen LogP contribution is 2.67. The number of hydrogen-bond acceptors (Lipinski definition) is 7. The number of carbonyl (C=O) groups excluding carboxylic acids is 3. The minimum atomic E-state index is -1.01. The van der Waals surface area contributed by atoms with Gasteiger partial charge in [-0.15, -0.1) is 0 Å². The molecule has 5 unspecified atom stereocenters. The van der Waals surface area contributed by atoms with Gasteiger partial charge < -0.3 is 19.3 Å². The molecule has 0 aromatic carbocycles. The maximum absolute atomic E-state index is 14.1. The summed E-state index contributed by atoms with van der Waals surface area (Å²) in [7, 11) is 0. The molecule has 7 heteroatoms. The lowest BCUT2D eigenvalue weighted by Gasteiger charge is -2.65. The van der Waals surface area contributed by atoms with Gasteiger partial charge in [0.1, 0.15) is 11.2 Å². The third-order valence-corrected chi connectivity index (χ3v) is 10.7. The molecule has 5 atom stereocenters. The van der Waals surface area contributed by atoms with Gasteiger partial charge in [0.15, 0.2) is 0 Å². The van der Waals surface area contributed by atoms with E-state index in [0.29, 0.717) is 31.1 Å². The van der Waals surface area contributed by atoms with E-state index in [1.54, 1.807) is 27.7 Å². The van der Waals surface area contributed by atoms with Gasteiger partial charge in [-0.05, 0) is 111 Å². The monoisotopic (exact) mass is 598 g/mol. The fourth-order valence-electron chi connectivity index (χ4n) is 8.63. The second kappa shape index (κ2) is 12.8. The molecule has 248 valence electrons. The fourth-order valence-corrected chi connectivity index (χ4v) is 8.63. The number of aliphatic hydroxyl groups is 1. The quantitative estimate of drug-likeness (QED) is 0.210. The Morgan fingerprint density at radius 1 is 0.952 bits per heavy atom. The molecule has 1 saturated heterocycles. The average Bonchev–Trinajstić information content (AvgIpc) is 3.02. The Morgan fingerprint density at radius 2 is 1.48 bits per heavy atom. The van der Waals surface area contributed by atoms with Crippen LogP contribution in [0.1, 0.15) is 150 Å². The van der Waals surface area contributed by atoms with Gasteiger partial charge in [0.2, 0.25) is 6.10 Å².